The standard InChI is InChI=1S/C21H25NO5/c1-24-21-9-3-2-6-17(21)12-22(14-19-7-4-10-26-19)13-18(23)15-25-16-20-8-5-11-27-20/h2-11,18,23H,12-16H2,1H3/t18-/m1/s1. The molecule has 0 amide bonds. The molecule has 0 unspecified atom stereocenters. The summed E-state index contributed by atoms with van der Waals surface area (Å²) >= 11 is 0. The third-order valence-electron chi connectivity index (χ3n) is 4.15. The maximum atomic E-state index is 10.4. The van der Waals surface area contributed by atoms with E-state index in [1.165, 1.54) is 0 Å². The Morgan fingerprint density at radius 1 is 0.963 bits per heavy atom. The summed E-state index contributed by atoms with van der Waals surface area (Å²) in [4.78, 5) is 2.11. The minimum absolute atomic E-state index is 0.223. The van der Waals surface area contributed by atoms with Gasteiger partial charge in [-0.1, -0.05) is 18.2 Å². The highest BCUT2D eigenvalue weighted by Gasteiger charge is 2.16. The fraction of sp³-hybridized carbons (Fsp3) is 0.333. The number of aliphatic hydroxyl groups excluding tert-OH is 1. The van der Waals surface area contributed by atoms with Crippen molar-refractivity contribution in [3.63, 3.8) is 0 Å². The summed E-state index contributed by atoms with van der Waals surface area (Å²) < 4.78 is 21.7. The van der Waals surface area contributed by atoms with Crippen LogP contribution in [0.2, 0.25) is 0 Å². The first-order valence-electron chi connectivity index (χ1n) is 8.89. The van der Waals surface area contributed by atoms with Crippen LogP contribution in [-0.4, -0.2) is 36.4 Å². The molecular formula is C21H25NO5. The van der Waals surface area contributed by atoms with Gasteiger partial charge in [-0.05, 0) is 30.3 Å². The van der Waals surface area contributed by atoms with Gasteiger partial charge < -0.3 is 23.4 Å². The second kappa shape index (κ2) is 9.97. The molecular weight excluding hydrogens is 346 g/mol. The predicted molar refractivity (Wildman–Crippen MR) is 100 cm³/mol. The minimum atomic E-state index is -0.635. The number of benzene rings is 1. The van der Waals surface area contributed by atoms with Crippen molar-refractivity contribution in [1.82, 2.24) is 4.90 Å². The van der Waals surface area contributed by atoms with Gasteiger partial charge in [0, 0.05) is 18.7 Å². The van der Waals surface area contributed by atoms with Crippen LogP contribution in [0.1, 0.15) is 17.1 Å². The number of hydrogen-bond donors (Lipinski definition) is 1. The van der Waals surface area contributed by atoms with Crippen LogP contribution in [0, 0.1) is 0 Å². The summed E-state index contributed by atoms with van der Waals surface area (Å²) in [5.74, 6) is 2.41. The predicted octanol–water partition coefficient (Wildman–Crippen LogP) is 3.46. The van der Waals surface area contributed by atoms with Crippen LogP contribution in [0.5, 0.6) is 5.75 Å². The van der Waals surface area contributed by atoms with Crippen molar-refractivity contribution in [3.8, 4) is 5.75 Å². The lowest BCUT2D eigenvalue weighted by Gasteiger charge is -2.25. The van der Waals surface area contributed by atoms with Crippen molar-refractivity contribution in [2.24, 2.45) is 0 Å². The van der Waals surface area contributed by atoms with Crippen molar-refractivity contribution in [2.45, 2.75) is 25.8 Å². The van der Waals surface area contributed by atoms with E-state index < -0.39 is 6.10 Å². The van der Waals surface area contributed by atoms with E-state index in [1.807, 2.05) is 48.5 Å². The second-order valence-electron chi connectivity index (χ2n) is 6.31. The Bertz CT molecular complexity index is 770. The monoisotopic (exact) mass is 371 g/mol. The third-order valence-corrected chi connectivity index (χ3v) is 4.15. The lowest BCUT2D eigenvalue weighted by atomic mass is 10.1. The molecule has 2 aromatic heterocycles. The average molecular weight is 371 g/mol. The third kappa shape index (κ3) is 5.99. The molecule has 0 radical (unpaired) electrons. The van der Waals surface area contributed by atoms with E-state index in [-0.39, 0.29) is 6.61 Å². The molecule has 6 nitrogen and oxygen atoms in total. The van der Waals surface area contributed by atoms with Gasteiger partial charge >= 0.3 is 0 Å². The zero-order valence-corrected chi connectivity index (χ0v) is 15.4. The van der Waals surface area contributed by atoms with Gasteiger partial charge in [-0.2, -0.15) is 0 Å². The Hall–Kier alpha value is -2.54. The number of hydrogen-bond acceptors (Lipinski definition) is 6. The Morgan fingerprint density at radius 2 is 1.70 bits per heavy atom. The number of furan rings is 2. The molecule has 3 aromatic rings. The molecule has 2 heterocycles. The van der Waals surface area contributed by atoms with Gasteiger partial charge in [0.25, 0.3) is 0 Å². The summed E-state index contributed by atoms with van der Waals surface area (Å²) in [6.07, 6.45) is 2.62. The molecule has 27 heavy (non-hydrogen) atoms. The number of para-hydroxylation sites is 1. The normalized spacial score (nSPS) is 12.4. The fourth-order valence-corrected chi connectivity index (χ4v) is 2.92. The second-order valence-corrected chi connectivity index (χ2v) is 6.31. The Labute approximate surface area is 158 Å². The average Bonchev–Trinajstić information content (AvgIpc) is 3.36. The van der Waals surface area contributed by atoms with E-state index in [1.54, 1.807) is 19.6 Å². The van der Waals surface area contributed by atoms with Crippen LogP contribution in [0.3, 0.4) is 0 Å². The first kappa shape index (κ1) is 19.2. The van der Waals surface area contributed by atoms with Gasteiger partial charge in [-0.25, -0.2) is 0 Å². The van der Waals surface area contributed by atoms with E-state index in [0.717, 1.165) is 22.8 Å². The number of ether oxygens (including phenoxy) is 2. The summed E-state index contributed by atoms with van der Waals surface area (Å²) in [6.45, 7) is 2.22. The molecule has 0 fully saturated rings. The molecule has 144 valence electrons. The highest BCUT2D eigenvalue weighted by atomic mass is 16.5. The van der Waals surface area contributed by atoms with Crippen molar-refractivity contribution in [1.29, 1.82) is 0 Å². The van der Waals surface area contributed by atoms with Gasteiger partial charge in [0.1, 0.15) is 23.9 Å². The largest absolute Gasteiger partial charge is 0.496 e. The molecule has 1 atom stereocenters. The first-order chi connectivity index (χ1) is 13.2. The lowest BCUT2D eigenvalue weighted by molar-refractivity contribution is 0.00153. The van der Waals surface area contributed by atoms with Gasteiger partial charge in [0.2, 0.25) is 0 Å². The van der Waals surface area contributed by atoms with E-state index in [9.17, 15) is 5.11 Å². The van der Waals surface area contributed by atoms with Crippen LogP contribution in [0.15, 0.2) is 69.9 Å². The van der Waals surface area contributed by atoms with Crippen LogP contribution in [0.4, 0.5) is 0 Å². The minimum Gasteiger partial charge on any atom is -0.496 e. The molecule has 0 aliphatic carbocycles. The molecule has 0 spiro atoms. The quantitative estimate of drug-likeness (QED) is 0.557. The van der Waals surface area contributed by atoms with Gasteiger partial charge in [0.15, 0.2) is 0 Å². The summed E-state index contributed by atoms with van der Waals surface area (Å²) in [5, 5.41) is 10.4. The number of nitrogens with zero attached hydrogens (tertiary/aromatic N) is 1. The van der Waals surface area contributed by atoms with Gasteiger partial charge in [-0.3, -0.25) is 4.90 Å². The molecule has 0 saturated carbocycles. The van der Waals surface area contributed by atoms with Crippen LogP contribution >= 0.6 is 0 Å². The van der Waals surface area contributed by atoms with Crippen molar-refractivity contribution in [3.05, 3.63) is 78.1 Å². The van der Waals surface area contributed by atoms with Crippen LogP contribution < -0.4 is 4.74 Å². The number of rotatable bonds is 11. The zero-order chi connectivity index (χ0) is 18.9. The highest BCUT2D eigenvalue weighted by Crippen LogP contribution is 2.20. The summed E-state index contributed by atoms with van der Waals surface area (Å²) in [5.41, 5.74) is 1.05. The molecule has 6 heteroatoms. The van der Waals surface area contributed by atoms with E-state index in [2.05, 4.69) is 4.90 Å². The topological polar surface area (TPSA) is 68.2 Å². The molecule has 3 rings (SSSR count). The van der Waals surface area contributed by atoms with Crippen molar-refractivity contribution >= 4 is 0 Å². The first-order valence-corrected chi connectivity index (χ1v) is 8.89. The Kier molecular flexibility index (Phi) is 7.10. The Morgan fingerprint density at radius 3 is 2.41 bits per heavy atom. The molecule has 0 bridgehead atoms. The maximum absolute atomic E-state index is 10.4. The molecule has 0 aliphatic heterocycles. The molecule has 1 N–H and O–H groups in total. The fourth-order valence-electron chi connectivity index (χ4n) is 2.92. The summed E-state index contributed by atoms with van der Waals surface area (Å²) in [7, 11) is 1.66. The number of aliphatic hydroxyl groups is 1. The number of methoxy groups -OCH3 is 1. The van der Waals surface area contributed by atoms with Crippen LogP contribution in [0.25, 0.3) is 0 Å². The van der Waals surface area contributed by atoms with Gasteiger partial charge in [-0.15, -0.1) is 0 Å². The molecule has 0 saturated heterocycles. The molecule has 1 aromatic carbocycles. The maximum Gasteiger partial charge on any atom is 0.129 e. The van der Waals surface area contributed by atoms with Crippen molar-refractivity contribution < 1.29 is 23.4 Å². The highest BCUT2D eigenvalue weighted by molar-refractivity contribution is 5.33. The smallest absolute Gasteiger partial charge is 0.129 e. The van der Waals surface area contributed by atoms with E-state index in [0.29, 0.717) is 26.2 Å². The molecule has 0 aliphatic rings. The zero-order valence-electron chi connectivity index (χ0n) is 15.4. The summed E-state index contributed by atoms with van der Waals surface area (Å²) in [6, 6.07) is 15.3. The lowest BCUT2D eigenvalue weighted by Crippen LogP contribution is -2.34. The van der Waals surface area contributed by atoms with Gasteiger partial charge in [0.05, 0.1) is 38.9 Å². The SMILES string of the molecule is COc1ccccc1CN(Cc1ccco1)C[C@@H](O)COCc1ccco1. The van der Waals surface area contributed by atoms with Crippen LogP contribution in [-0.2, 0) is 24.4 Å². The Balaban J connectivity index is 1.58. The van der Waals surface area contributed by atoms with Crippen molar-refractivity contribution in [2.75, 3.05) is 20.3 Å². The van der Waals surface area contributed by atoms with E-state index >= 15 is 0 Å². The van der Waals surface area contributed by atoms with E-state index in [4.69, 9.17) is 18.3 Å².